The number of oxime groups is 1. The fraction of sp³-hybridized carbons (Fsp3) is 0.639. The van der Waals surface area contributed by atoms with Crippen molar-refractivity contribution in [2.45, 2.75) is 115 Å². The minimum absolute atomic E-state index is 0.00612. The van der Waals surface area contributed by atoms with Crippen molar-refractivity contribution in [1.29, 1.82) is 0 Å². The Morgan fingerprint density at radius 2 is 1.69 bits per heavy atom. The molecule has 1 saturated carbocycles. The lowest BCUT2D eigenvalue weighted by Crippen LogP contribution is -2.59. The number of ketones is 2. The molecule has 49 heavy (non-hydrogen) atoms. The summed E-state index contributed by atoms with van der Waals surface area (Å²) in [6.07, 6.45) is 4.20. The lowest BCUT2D eigenvalue weighted by atomic mass is 9.85. The van der Waals surface area contributed by atoms with Gasteiger partial charge in [0, 0.05) is 44.1 Å². The number of benzene rings is 1. The van der Waals surface area contributed by atoms with Gasteiger partial charge in [0.25, 0.3) is 5.91 Å². The molecule has 3 N–H and O–H groups in total. The van der Waals surface area contributed by atoms with Gasteiger partial charge in [0.2, 0.25) is 29.3 Å². The summed E-state index contributed by atoms with van der Waals surface area (Å²) in [5.41, 5.74) is -1.30. The molecule has 266 valence electrons. The molecule has 4 aliphatic rings. The highest BCUT2D eigenvalue weighted by molar-refractivity contribution is 6.46. The van der Waals surface area contributed by atoms with Crippen LogP contribution >= 0.6 is 0 Å². The van der Waals surface area contributed by atoms with Crippen molar-refractivity contribution in [3.8, 4) is 0 Å². The Bertz CT molecular complexity index is 1460. The van der Waals surface area contributed by atoms with Crippen LogP contribution in [-0.2, 0) is 33.5 Å². The second kappa shape index (κ2) is 15.2. The summed E-state index contributed by atoms with van der Waals surface area (Å²) in [5, 5.41) is 12.5. The molecule has 0 aromatic heterocycles. The van der Waals surface area contributed by atoms with E-state index in [1.807, 2.05) is 27.7 Å². The fourth-order valence-corrected chi connectivity index (χ4v) is 6.72. The molecule has 2 saturated heterocycles. The molecule has 1 aliphatic carbocycles. The Balaban J connectivity index is 1.38. The average molecular weight is 680 g/mol. The number of hydrogen-bond acceptors (Lipinski definition) is 9. The molecular formula is C36H49N5O8. The normalized spacial score (nSPS) is 23.6. The van der Waals surface area contributed by atoms with Crippen LogP contribution in [0.5, 0.6) is 0 Å². The van der Waals surface area contributed by atoms with Crippen LogP contribution in [0.4, 0.5) is 0 Å². The predicted molar refractivity (Wildman–Crippen MR) is 179 cm³/mol. The second-order valence-corrected chi connectivity index (χ2v) is 15.0. The van der Waals surface area contributed by atoms with Gasteiger partial charge in [-0.05, 0) is 43.4 Å². The maximum atomic E-state index is 14.5. The second-order valence-electron chi connectivity index (χ2n) is 15.0. The van der Waals surface area contributed by atoms with Crippen LogP contribution in [0.3, 0.4) is 0 Å². The smallest absolute Gasteiger partial charge is 0.289 e. The summed E-state index contributed by atoms with van der Waals surface area (Å²) in [7, 11) is 0. The number of nitrogens with one attached hydrogen (secondary N) is 3. The Morgan fingerprint density at radius 1 is 1.00 bits per heavy atom. The summed E-state index contributed by atoms with van der Waals surface area (Å²) < 4.78 is 5.42. The molecule has 4 atom stereocenters. The molecule has 13 heteroatoms. The van der Waals surface area contributed by atoms with E-state index >= 15 is 0 Å². The van der Waals surface area contributed by atoms with Crippen LogP contribution in [-0.4, -0.2) is 95.3 Å². The first-order chi connectivity index (χ1) is 23.3. The van der Waals surface area contributed by atoms with Crippen LogP contribution in [0.15, 0.2) is 35.5 Å². The predicted octanol–water partition coefficient (Wildman–Crippen LogP) is 2.47. The van der Waals surface area contributed by atoms with E-state index in [9.17, 15) is 28.8 Å². The molecule has 0 bridgehead atoms. The first kappa shape index (κ1) is 36.2. The van der Waals surface area contributed by atoms with E-state index in [-0.39, 0.29) is 61.6 Å². The van der Waals surface area contributed by atoms with E-state index < -0.39 is 52.6 Å². The molecule has 3 aliphatic heterocycles. The maximum Gasteiger partial charge on any atom is 0.289 e. The van der Waals surface area contributed by atoms with Crippen LogP contribution < -0.4 is 16.0 Å². The van der Waals surface area contributed by atoms with Crippen molar-refractivity contribution in [3.05, 3.63) is 35.9 Å². The minimum Gasteiger partial charge on any atom is -0.386 e. The van der Waals surface area contributed by atoms with Gasteiger partial charge in [0.1, 0.15) is 17.8 Å². The average Bonchev–Trinajstić information content (AvgIpc) is 3.67. The number of likely N-dealkylation sites (tertiary alicyclic amines) is 1. The quantitative estimate of drug-likeness (QED) is 0.211. The first-order valence-corrected chi connectivity index (χ1v) is 17.5. The van der Waals surface area contributed by atoms with E-state index in [4.69, 9.17) is 9.57 Å². The molecule has 1 spiro atoms. The lowest BCUT2D eigenvalue weighted by Gasteiger charge is -2.36. The van der Waals surface area contributed by atoms with Gasteiger partial charge in [0.05, 0.1) is 12.6 Å². The van der Waals surface area contributed by atoms with Crippen molar-refractivity contribution >= 4 is 40.9 Å². The third-order valence-electron chi connectivity index (χ3n) is 9.70. The van der Waals surface area contributed by atoms with Gasteiger partial charge in [-0.25, -0.2) is 0 Å². The topological polar surface area (TPSA) is 173 Å². The Kier molecular flexibility index (Phi) is 11.2. The molecule has 13 nitrogen and oxygen atoms in total. The van der Waals surface area contributed by atoms with Crippen LogP contribution in [0.2, 0.25) is 0 Å². The monoisotopic (exact) mass is 679 g/mol. The Labute approximate surface area is 287 Å². The van der Waals surface area contributed by atoms with Crippen LogP contribution in [0.1, 0.15) is 95.8 Å². The van der Waals surface area contributed by atoms with E-state index in [1.54, 1.807) is 30.3 Å². The van der Waals surface area contributed by atoms with Crippen molar-refractivity contribution in [1.82, 2.24) is 20.9 Å². The van der Waals surface area contributed by atoms with E-state index in [0.29, 0.717) is 25.2 Å². The zero-order valence-electron chi connectivity index (χ0n) is 28.9. The van der Waals surface area contributed by atoms with Gasteiger partial charge in [-0.15, -0.1) is 0 Å². The van der Waals surface area contributed by atoms with Gasteiger partial charge in [-0.2, -0.15) is 0 Å². The van der Waals surface area contributed by atoms with Gasteiger partial charge >= 0.3 is 0 Å². The zero-order valence-corrected chi connectivity index (χ0v) is 28.9. The van der Waals surface area contributed by atoms with Crippen LogP contribution in [0.25, 0.3) is 0 Å². The number of nitrogens with zero attached hydrogens (tertiary/aromatic N) is 2. The molecule has 3 fully saturated rings. The number of hydrogen-bond donors (Lipinski definition) is 3. The van der Waals surface area contributed by atoms with Gasteiger partial charge in [-0.1, -0.05) is 69.6 Å². The lowest BCUT2D eigenvalue weighted by molar-refractivity contribution is -0.145. The Morgan fingerprint density at radius 3 is 2.33 bits per heavy atom. The zero-order chi connectivity index (χ0) is 35.3. The van der Waals surface area contributed by atoms with E-state index in [0.717, 1.165) is 25.7 Å². The third kappa shape index (κ3) is 8.92. The SMILES string of the molecule is CCC[C@H](NC(=O)[C@@H]1C[C@]2(CC(C(=O)c3ccccc3)=NO2)CN1C(=O)[C@@H](NC(=O)CC1CCOCC1)C(C)(C)C)C(=O)C(=O)NC1CC1. The van der Waals surface area contributed by atoms with Crippen molar-refractivity contribution < 1.29 is 38.3 Å². The molecule has 0 unspecified atom stereocenters. The summed E-state index contributed by atoms with van der Waals surface area (Å²) in [5.74, 6) is -3.02. The molecule has 0 radical (unpaired) electrons. The van der Waals surface area contributed by atoms with E-state index in [1.165, 1.54) is 4.90 Å². The summed E-state index contributed by atoms with van der Waals surface area (Å²) in [6.45, 7) is 8.47. The molecule has 5 rings (SSSR count). The van der Waals surface area contributed by atoms with Gasteiger partial charge in [0.15, 0.2) is 5.60 Å². The van der Waals surface area contributed by atoms with Crippen molar-refractivity contribution in [2.75, 3.05) is 19.8 Å². The largest absolute Gasteiger partial charge is 0.386 e. The Hall–Kier alpha value is -4.13. The summed E-state index contributed by atoms with van der Waals surface area (Å²) in [6, 6.07) is 5.43. The first-order valence-electron chi connectivity index (χ1n) is 17.5. The summed E-state index contributed by atoms with van der Waals surface area (Å²) >= 11 is 0. The molecule has 1 aromatic carbocycles. The summed E-state index contributed by atoms with van der Waals surface area (Å²) in [4.78, 5) is 88.3. The third-order valence-corrected chi connectivity index (χ3v) is 9.70. The highest BCUT2D eigenvalue weighted by Crippen LogP contribution is 2.39. The minimum atomic E-state index is -1.18. The van der Waals surface area contributed by atoms with Gasteiger partial charge in [-0.3, -0.25) is 28.8 Å². The maximum absolute atomic E-state index is 14.5. The highest BCUT2D eigenvalue weighted by Gasteiger charge is 2.56. The molecule has 3 heterocycles. The number of rotatable bonds is 13. The van der Waals surface area contributed by atoms with Crippen LogP contribution in [0, 0.1) is 11.3 Å². The number of amides is 4. The van der Waals surface area contributed by atoms with Crippen molar-refractivity contribution in [2.24, 2.45) is 16.5 Å². The van der Waals surface area contributed by atoms with Gasteiger partial charge < -0.3 is 30.4 Å². The molecule has 4 amide bonds. The number of ether oxygens (including phenoxy) is 1. The number of carbonyl (C=O) groups excluding carboxylic acids is 6. The standard InChI is InChI=1S/C36H49N5O8/c1-5-9-25(30(44)33(46)37-24-12-13-24)38-32(45)27-20-36(19-26(40-49-36)29(43)23-10-7-6-8-11-23)21-41(27)34(47)31(35(2,3)4)39-28(42)18-22-14-16-48-17-15-22/h6-8,10-11,22,24-25,27,31H,5,9,12-21H2,1-4H3,(H,37,46)(H,38,45)(H,39,42)/t25-,27-,31+,36+/m0/s1. The number of carbonyl (C=O) groups is 6. The molecule has 1 aromatic rings. The highest BCUT2D eigenvalue weighted by atomic mass is 16.7. The molecular weight excluding hydrogens is 630 g/mol. The van der Waals surface area contributed by atoms with Crippen molar-refractivity contribution in [3.63, 3.8) is 0 Å². The number of Topliss-reactive ketones (excluding diaryl/α,β-unsaturated/α-hetero) is 2. The fourth-order valence-electron chi connectivity index (χ4n) is 6.72. The van der Waals surface area contributed by atoms with E-state index in [2.05, 4.69) is 21.1 Å².